The van der Waals surface area contributed by atoms with Crippen LogP contribution >= 0.6 is 0 Å². The molecular formula is C23H25NO5S. The number of sulfonamides is 1. The molecule has 0 saturated carbocycles. The molecule has 1 aromatic heterocycles. The monoisotopic (exact) mass is 427 g/mol. The van der Waals surface area contributed by atoms with Gasteiger partial charge in [-0.2, -0.15) is 4.31 Å². The Hall–Kier alpha value is -2.64. The van der Waals surface area contributed by atoms with Gasteiger partial charge in [0.2, 0.25) is 10.0 Å². The minimum atomic E-state index is -3.46. The first kappa shape index (κ1) is 20.6. The van der Waals surface area contributed by atoms with E-state index in [-0.39, 0.29) is 11.5 Å². The maximum atomic E-state index is 12.8. The highest BCUT2D eigenvalue weighted by atomic mass is 32.2. The molecular weight excluding hydrogens is 402 g/mol. The number of ether oxygens (including phenoxy) is 1. The molecule has 0 unspecified atom stereocenters. The molecule has 0 aliphatic carbocycles. The van der Waals surface area contributed by atoms with Crippen LogP contribution in [0.4, 0.5) is 0 Å². The molecule has 1 fully saturated rings. The normalized spacial score (nSPS) is 15.4. The molecule has 0 radical (unpaired) electrons. The van der Waals surface area contributed by atoms with Crippen LogP contribution in [0.1, 0.15) is 37.3 Å². The van der Waals surface area contributed by atoms with E-state index in [9.17, 15) is 13.2 Å². The van der Waals surface area contributed by atoms with Crippen LogP contribution in [0.25, 0.3) is 11.0 Å². The second kappa shape index (κ2) is 8.62. The topological polar surface area (TPSA) is 76.8 Å². The fraction of sp³-hybridized carbons (Fsp3) is 0.348. The molecule has 6 nitrogen and oxygen atoms in total. The van der Waals surface area contributed by atoms with Crippen molar-refractivity contribution in [3.05, 3.63) is 70.1 Å². The standard InChI is InChI=1S/C23H25NO5S/c1-2-17-6-11-21-18(15-23(25)29-22(21)14-17)16-28-19-7-9-20(10-8-19)30(26,27)24-12-4-3-5-13-24/h6-11,14-15H,2-5,12-13,16H2,1H3. The fourth-order valence-electron chi connectivity index (χ4n) is 3.74. The van der Waals surface area contributed by atoms with Crippen molar-refractivity contribution in [1.29, 1.82) is 0 Å². The first-order valence-corrected chi connectivity index (χ1v) is 11.7. The molecule has 1 aliphatic heterocycles. The average Bonchev–Trinajstić information content (AvgIpc) is 2.77. The van der Waals surface area contributed by atoms with Gasteiger partial charge in [-0.05, 0) is 55.2 Å². The lowest BCUT2D eigenvalue weighted by atomic mass is 10.1. The molecule has 7 heteroatoms. The molecule has 1 aliphatic rings. The Morgan fingerprint density at radius 1 is 1.00 bits per heavy atom. The van der Waals surface area contributed by atoms with Crippen LogP contribution in [0.2, 0.25) is 0 Å². The Morgan fingerprint density at radius 3 is 2.43 bits per heavy atom. The maximum Gasteiger partial charge on any atom is 0.336 e. The summed E-state index contributed by atoms with van der Waals surface area (Å²) in [5.41, 5.74) is 1.95. The second-order valence-corrected chi connectivity index (χ2v) is 9.44. The number of benzene rings is 2. The second-order valence-electron chi connectivity index (χ2n) is 7.50. The van der Waals surface area contributed by atoms with Gasteiger partial charge in [-0.1, -0.05) is 25.5 Å². The summed E-state index contributed by atoms with van der Waals surface area (Å²) in [7, 11) is -3.46. The van der Waals surface area contributed by atoms with Gasteiger partial charge in [0, 0.05) is 30.1 Å². The minimum Gasteiger partial charge on any atom is -0.489 e. The Bertz CT molecular complexity index is 1190. The molecule has 2 aromatic carbocycles. The predicted molar refractivity (Wildman–Crippen MR) is 115 cm³/mol. The Morgan fingerprint density at radius 2 is 1.73 bits per heavy atom. The van der Waals surface area contributed by atoms with E-state index in [1.807, 2.05) is 25.1 Å². The summed E-state index contributed by atoms with van der Waals surface area (Å²) in [6.07, 6.45) is 3.73. The van der Waals surface area contributed by atoms with E-state index in [1.54, 1.807) is 28.6 Å². The van der Waals surface area contributed by atoms with Gasteiger partial charge in [-0.25, -0.2) is 13.2 Å². The number of rotatable bonds is 6. The van der Waals surface area contributed by atoms with Crippen molar-refractivity contribution in [3.8, 4) is 5.75 Å². The number of fused-ring (bicyclic) bond motifs is 1. The highest BCUT2D eigenvalue weighted by Gasteiger charge is 2.25. The van der Waals surface area contributed by atoms with Crippen LogP contribution in [0.3, 0.4) is 0 Å². The van der Waals surface area contributed by atoms with Crippen molar-refractivity contribution >= 4 is 21.0 Å². The lowest BCUT2D eigenvalue weighted by molar-refractivity contribution is 0.306. The van der Waals surface area contributed by atoms with E-state index in [4.69, 9.17) is 9.15 Å². The fourth-order valence-corrected chi connectivity index (χ4v) is 5.25. The zero-order valence-electron chi connectivity index (χ0n) is 17.0. The van der Waals surface area contributed by atoms with Gasteiger partial charge < -0.3 is 9.15 Å². The summed E-state index contributed by atoms with van der Waals surface area (Å²) < 4.78 is 38.2. The average molecular weight is 428 g/mol. The third-order valence-electron chi connectivity index (χ3n) is 5.47. The number of hydrogen-bond donors (Lipinski definition) is 0. The smallest absolute Gasteiger partial charge is 0.336 e. The number of aryl methyl sites for hydroxylation is 1. The van der Waals surface area contributed by atoms with Gasteiger partial charge in [0.15, 0.2) is 0 Å². The van der Waals surface area contributed by atoms with Crippen LogP contribution < -0.4 is 10.4 Å². The minimum absolute atomic E-state index is 0.186. The highest BCUT2D eigenvalue weighted by molar-refractivity contribution is 7.89. The van der Waals surface area contributed by atoms with Crippen LogP contribution in [-0.4, -0.2) is 25.8 Å². The quantitative estimate of drug-likeness (QED) is 0.554. The largest absolute Gasteiger partial charge is 0.489 e. The van der Waals surface area contributed by atoms with Crippen molar-refractivity contribution in [2.45, 2.75) is 44.1 Å². The van der Waals surface area contributed by atoms with E-state index in [2.05, 4.69) is 0 Å². The summed E-state index contributed by atoms with van der Waals surface area (Å²) in [6.45, 7) is 3.38. The Kier molecular flexibility index (Phi) is 5.92. The maximum absolute atomic E-state index is 12.8. The van der Waals surface area contributed by atoms with Gasteiger partial charge in [0.05, 0.1) is 4.90 Å². The van der Waals surface area contributed by atoms with Gasteiger partial charge >= 0.3 is 5.63 Å². The van der Waals surface area contributed by atoms with Gasteiger partial charge in [-0.15, -0.1) is 0 Å². The van der Waals surface area contributed by atoms with Gasteiger partial charge in [-0.3, -0.25) is 0 Å². The third kappa shape index (κ3) is 4.27. The van der Waals surface area contributed by atoms with Crippen molar-refractivity contribution in [1.82, 2.24) is 4.31 Å². The van der Waals surface area contributed by atoms with Crippen LogP contribution in [0.5, 0.6) is 5.75 Å². The Balaban J connectivity index is 1.51. The summed E-state index contributed by atoms with van der Waals surface area (Å²) in [4.78, 5) is 12.2. The van der Waals surface area contributed by atoms with Crippen molar-refractivity contribution < 1.29 is 17.6 Å². The molecule has 0 spiro atoms. The third-order valence-corrected chi connectivity index (χ3v) is 7.39. The molecule has 0 amide bonds. The molecule has 0 N–H and O–H groups in total. The number of piperidine rings is 1. The first-order valence-electron chi connectivity index (χ1n) is 10.3. The van der Waals surface area contributed by atoms with Gasteiger partial charge in [0.1, 0.15) is 17.9 Å². The predicted octanol–water partition coefficient (Wildman–Crippen LogP) is 4.11. The van der Waals surface area contributed by atoms with Crippen LogP contribution in [-0.2, 0) is 23.1 Å². The molecule has 0 atom stereocenters. The van der Waals surface area contributed by atoms with E-state index >= 15 is 0 Å². The zero-order chi connectivity index (χ0) is 21.1. The Labute approximate surface area is 176 Å². The van der Waals surface area contributed by atoms with E-state index in [1.165, 1.54) is 6.07 Å². The molecule has 30 heavy (non-hydrogen) atoms. The van der Waals surface area contributed by atoms with Crippen LogP contribution in [0.15, 0.2) is 62.6 Å². The summed E-state index contributed by atoms with van der Waals surface area (Å²) in [5, 5.41) is 0.830. The first-order chi connectivity index (χ1) is 14.5. The molecule has 1 saturated heterocycles. The SMILES string of the molecule is CCc1ccc2c(COc3ccc(S(=O)(=O)N4CCCCC4)cc3)cc(=O)oc2c1. The summed E-state index contributed by atoms with van der Waals surface area (Å²) in [5.74, 6) is 0.541. The number of hydrogen-bond acceptors (Lipinski definition) is 5. The summed E-state index contributed by atoms with van der Waals surface area (Å²) >= 11 is 0. The van der Waals surface area contributed by atoms with Crippen LogP contribution in [0, 0.1) is 0 Å². The zero-order valence-corrected chi connectivity index (χ0v) is 17.8. The molecule has 4 rings (SSSR count). The lowest BCUT2D eigenvalue weighted by Crippen LogP contribution is -2.35. The van der Waals surface area contributed by atoms with Gasteiger partial charge in [0.25, 0.3) is 0 Å². The van der Waals surface area contributed by atoms with E-state index < -0.39 is 15.6 Å². The molecule has 158 valence electrons. The van der Waals surface area contributed by atoms with Crippen molar-refractivity contribution in [2.75, 3.05) is 13.1 Å². The van der Waals surface area contributed by atoms with Crippen molar-refractivity contribution in [3.63, 3.8) is 0 Å². The summed E-state index contributed by atoms with van der Waals surface area (Å²) in [6, 6.07) is 13.7. The molecule has 0 bridgehead atoms. The molecule has 3 aromatic rings. The van der Waals surface area contributed by atoms with Crippen molar-refractivity contribution in [2.24, 2.45) is 0 Å². The lowest BCUT2D eigenvalue weighted by Gasteiger charge is -2.25. The van der Waals surface area contributed by atoms with E-state index in [0.717, 1.165) is 42.2 Å². The van der Waals surface area contributed by atoms with E-state index in [0.29, 0.717) is 24.4 Å². The highest BCUT2D eigenvalue weighted by Crippen LogP contribution is 2.24. The molecule has 2 heterocycles. The number of nitrogens with zero attached hydrogens (tertiary/aromatic N) is 1.